The zero-order valence-electron chi connectivity index (χ0n) is 22.2. The second-order valence-electron chi connectivity index (χ2n) is 9.06. The first-order valence-electron chi connectivity index (χ1n) is 12.7. The van der Waals surface area contributed by atoms with E-state index in [4.69, 9.17) is 31.8 Å². The Balaban J connectivity index is 1.66. The first kappa shape index (κ1) is 25.3. The van der Waals surface area contributed by atoms with Crippen LogP contribution in [0.3, 0.4) is 0 Å². The predicted molar refractivity (Wildman–Crippen MR) is 163 cm³/mol. The second kappa shape index (κ2) is 10.6. The Bertz CT molecular complexity index is 1710. The highest BCUT2D eigenvalue weighted by molar-refractivity contribution is 7.81. The molecule has 0 aromatic heterocycles. The average Bonchev–Trinajstić information content (AvgIpc) is 3.11. The molecule has 6 rings (SSSR count). The van der Waals surface area contributed by atoms with Crippen LogP contribution in [0.1, 0.15) is 5.56 Å². The van der Waals surface area contributed by atoms with Gasteiger partial charge in [-0.25, -0.2) is 4.99 Å². The van der Waals surface area contributed by atoms with Crippen LogP contribution in [0.4, 0.5) is 28.4 Å². The SMILES string of the molecule is COc1ccccc1N=NC1=C2Nc3ccccc3N=C1N(c1ccccc1OC)C(=S)N2c1ccccc1C. The van der Waals surface area contributed by atoms with E-state index in [1.165, 1.54) is 0 Å². The Hall–Kier alpha value is -5.02. The fraction of sp³-hybridized carbons (Fsp3) is 0.0968. The molecule has 1 N–H and O–H groups in total. The standard InChI is InChI=1S/C31H26N6O2S/c1-20-12-4-8-16-24(20)36-29-28(35-34-23-15-7-10-18-26(23)38-2)30(33-22-14-6-5-13-21(22)32-29)37(31(36)40)25-17-9-11-19-27(25)39-3/h4-19,32H,1-3H3. The summed E-state index contributed by atoms with van der Waals surface area (Å²) in [7, 11) is 3.25. The maximum atomic E-state index is 6.22. The number of ether oxygens (including phenoxy) is 2. The van der Waals surface area contributed by atoms with Gasteiger partial charge in [0.2, 0.25) is 0 Å². The van der Waals surface area contributed by atoms with Gasteiger partial charge in [0, 0.05) is 0 Å². The fourth-order valence-corrected chi connectivity index (χ4v) is 5.09. The number of methoxy groups -OCH3 is 2. The van der Waals surface area contributed by atoms with Gasteiger partial charge in [-0.05, 0) is 67.2 Å². The van der Waals surface area contributed by atoms with E-state index < -0.39 is 0 Å². The summed E-state index contributed by atoms with van der Waals surface area (Å²) < 4.78 is 11.3. The highest BCUT2D eigenvalue weighted by Gasteiger charge is 2.40. The van der Waals surface area contributed by atoms with Crippen LogP contribution in [0.2, 0.25) is 0 Å². The molecular formula is C31H26N6O2S. The third-order valence-corrected chi connectivity index (χ3v) is 7.03. The van der Waals surface area contributed by atoms with E-state index in [9.17, 15) is 0 Å². The fourth-order valence-electron chi connectivity index (χ4n) is 4.72. The summed E-state index contributed by atoms with van der Waals surface area (Å²) in [5.74, 6) is 2.42. The van der Waals surface area contributed by atoms with Crippen molar-refractivity contribution in [2.45, 2.75) is 6.92 Å². The molecule has 2 aliphatic rings. The molecule has 8 nitrogen and oxygen atoms in total. The molecule has 0 aliphatic carbocycles. The van der Waals surface area contributed by atoms with Crippen LogP contribution >= 0.6 is 12.2 Å². The molecule has 0 atom stereocenters. The topological polar surface area (TPSA) is 74.0 Å². The molecule has 0 radical (unpaired) electrons. The third-order valence-electron chi connectivity index (χ3n) is 6.66. The van der Waals surface area contributed by atoms with Gasteiger partial charge in [-0.15, -0.1) is 10.2 Å². The summed E-state index contributed by atoms with van der Waals surface area (Å²) in [5.41, 5.74) is 5.33. The number of aliphatic imine (C=N–C) groups is 1. The van der Waals surface area contributed by atoms with Crippen LogP contribution in [0.15, 0.2) is 124 Å². The Morgan fingerprint density at radius 1 is 0.725 bits per heavy atom. The Morgan fingerprint density at radius 2 is 1.38 bits per heavy atom. The molecule has 0 saturated heterocycles. The minimum atomic E-state index is 0.490. The third kappa shape index (κ3) is 4.36. The summed E-state index contributed by atoms with van der Waals surface area (Å²) in [6.45, 7) is 2.05. The van der Waals surface area contributed by atoms with Crippen LogP contribution in [0, 0.1) is 6.92 Å². The molecule has 0 saturated carbocycles. The number of amidine groups is 1. The minimum Gasteiger partial charge on any atom is -0.495 e. The van der Waals surface area contributed by atoms with Crippen molar-refractivity contribution in [3.63, 3.8) is 0 Å². The summed E-state index contributed by atoms with van der Waals surface area (Å²) in [6.07, 6.45) is 0. The maximum Gasteiger partial charge on any atom is 0.192 e. The molecule has 0 amide bonds. The van der Waals surface area contributed by atoms with Crippen molar-refractivity contribution in [1.29, 1.82) is 0 Å². The lowest BCUT2D eigenvalue weighted by Gasteiger charge is -2.40. The molecule has 0 spiro atoms. The van der Waals surface area contributed by atoms with Crippen LogP contribution < -0.4 is 24.6 Å². The lowest BCUT2D eigenvalue weighted by Crippen LogP contribution is -2.53. The quantitative estimate of drug-likeness (QED) is 0.197. The van der Waals surface area contributed by atoms with Crippen LogP contribution in [0.5, 0.6) is 11.5 Å². The lowest BCUT2D eigenvalue weighted by molar-refractivity contribution is 0.416. The van der Waals surface area contributed by atoms with Gasteiger partial charge in [-0.3, -0.25) is 9.80 Å². The minimum absolute atomic E-state index is 0.490. The number of rotatable bonds is 6. The second-order valence-corrected chi connectivity index (χ2v) is 9.42. The number of hydrogen-bond acceptors (Lipinski definition) is 7. The van der Waals surface area contributed by atoms with E-state index in [0.717, 1.165) is 28.3 Å². The highest BCUT2D eigenvalue weighted by Crippen LogP contribution is 2.42. The lowest BCUT2D eigenvalue weighted by atomic mass is 10.1. The van der Waals surface area contributed by atoms with Gasteiger partial charge in [0.15, 0.2) is 16.6 Å². The van der Waals surface area contributed by atoms with Gasteiger partial charge in [0.25, 0.3) is 0 Å². The zero-order valence-corrected chi connectivity index (χ0v) is 23.0. The number of nitrogens with zero attached hydrogens (tertiary/aromatic N) is 5. The number of hydrogen-bond donors (Lipinski definition) is 1. The first-order chi connectivity index (χ1) is 19.6. The molecule has 0 fully saturated rings. The number of anilines is 3. The molecule has 2 bridgehead atoms. The Labute approximate surface area is 237 Å². The number of benzene rings is 4. The van der Waals surface area contributed by atoms with Crippen molar-refractivity contribution in [1.82, 2.24) is 0 Å². The van der Waals surface area contributed by atoms with Gasteiger partial charge in [0.1, 0.15) is 23.0 Å². The number of para-hydroxylation sites is 6. The Kier molecular flexibility index (Phi) is 6.71. The van der Waals surface area contributed by atoms with Gasteiger partial charge < -0.3 is 14.8 Å². The van der Waals surface area contributed by atoms with Crippen molar-refractivity contribution >= 4 is 51.6 Å². The highest BCUT2D eigenvalue weighted by atomic mass is 32.1. The van der Waals surface area contributed by atoms with E-state index in [2.05, 4.69) is 23.4 Å². The number of azo groups is 1. The Morgan fingerprint density at radius 3 is 2.15 bits per heavy atom. The normalized spacial score (nSPS) is 14.5. The number of thiocarbonyl (C=S) groups is 1. The largest absolute Gasteiger partial charge is 0.495 e. The number of aryl methyl sites for hydroxylation is 1. The summed E-state index contributed by atoms with van der Waals surface area (Å²) in [5, 5.41) is 13.5. The predicted octanol–water partition coefficient (Wildman–Crippen LogP) is 7.73. The van der Waals surface area contributed by atoms with Gasteiger partial charge in [0.05, 0.1) is 37.0 Å². The van der Waals surface area contributed by atoms with Crippen molar-refractivity contribution in [2.75, 3.05) is 29.3 Å². The van der Waals surface area contributed by atoms with E-state index >= 15 is 0 Å². The van der Waals surface area contributed by atoms with Gasteiger partial charge in [-0.1, -0.05) is 54.6 Å². The molecule has 9 heteroatoms. The molecule has 4 aromatic carbocycles. The van der Waals surface area contributed by atoms with Crippen molar-refractivity contribution in [3.8, 4) is 11.5 Å². The molecular weight excluding hydrogens is 520 g/mol. The molecule has 2 aliphatic heterocycles. The monoisotopic (exact) mass is 546 g/mol. The van der Waals surface area contributed by atoms with Crippen LogP contribution in [0.25, 0.3) is 0 Å². The van der Waals surface area contributed by atoms with E-state index in [1.54, 1.807) is 14.2 Å². The molecule has 0 unspecified atom stereocenters. The number of nitrogens with one attached hydrogen (secondary N) is 1. The summed E-state index contributed by atoms with van der Waals surface area (Å²) >= 11 is 6.22. The molecule has 40 heavy (non-hydrogen) atoms. The summed E-state index contributed by atoms with van der Waals surface area (Å²) in [6, 6.07) is 31.1. The van der Waals surface area contributed by atoms with Crippen molar-refractivity contribution < 1.29 is 9.47 Å². The van der Waals surface area contributed by atoms with Crippen molar-refractivity contribution in [2.24, 2.45) is 15.2 Å². The average molecular weight is 547 g/mol. The van der Waals surface area contributed by atoms with E-state index in [0.29, 0.717) is 39.7 Å². The van der Waals surface area contributed by atoms with Crippen LogP contribution in [-0.4, -0.2) is 25.2 Å². The zero-order chi connectivity index (χ0) is 27.6. The summed E-state index contributed by atoms with van der Waals surface area (Å²) in [4.78, 5) is 8.97. The molecule has 198 valence electrons. The van der Waals surface area contributed by atoms with E-state index in [-0.39, 0.29) is 0 Å². The van der Waals surface area contributed by atoms with Crippen LogP contribution in [-0.2, 0) is 0 Å². The van der Waals surface area contributed by atoms with Gasteiger partial charge >= 0.3 is 0 Å². The van der Waals surface area contributed by atoms with E-state index in [1.807, 2.05) is 101 Å². The molecule has 2 heterocycles. The molecule has 4 aromatic rings. The van der Waals surface area contributed by atoms with Gasteiger partial charge in [-0.2, -0.15) is 0 Å². The smallest absolute Gasteiger partial charge is 0.192 e. The number of fused-ring (bicyclic) bond motifs is 2. The maximum absolute atomic E-state index is 6.22. The first-order valence-corrected chi connectivity index (χ1v) is 13.1. The van der Waals surface area contributed by atoms with Crippen molar-refractivity contribution in [3.05, 3.63) is 114 Å².